The van der Waals surface area contributed by atoms with Crippen LogP contribution >= 0.6 is 11.8 Å². The quantitative estimate of drug-likeness (QED) is 0.570. The van der Waals surface area contributed by atoms with Crippen LogP contribution < -0.4 is 10.6 Å². The van der Waals surface area contributed by atoms with Crippen molar-refractivity contribution in [1.82, 2.24) is 10.6 Å². The van der Waals surface area contributed by atoms with Crippen molar-refractivity contribution < 1.29 is 27.9 Å². The highest BCUT2D eigenvalue weighted by atomic mass is 32.2. The van der Waals surface area contributed by atoms with Crippen molar-refractivity contribution >= 4 is 23.8 Å². The van der Waals surface area contributed by atoms with Crippen LogP contribution in [0.4, 0.5) is 18.0 Å². The molecule has 0 aliphatic heterocycles. The summed E-state index contributed by atoms with van der Waals surface area (Å²) in [6.45, 7) is 0.0801. The molecule has 1 atom stereocenters. The molecule has 0 radical (unpaired) electrons. The van der Waals surface area contributed by atoms with Gasteiger partial charge in [-0.05, 0) is 31.3 Å². The number of nitrogens with one attached hydrogen (secondary N) is 2. The molecular weight excluding hydrogens is 297 g/mol. The second kappa shape index (κ2) is 9.73. The third-order valence-electron chi connectivity index (χ3n) is 2.39. The first-order valence-corrected chi connectivity index (χ1v) is 7.48. The van der Waals surface area contributed by atoms with Gasteiger partial charge in [0.1, 0.15) is 6.04 Å². The summed E-state index contributed by atoms with van der Waals surface area (Å²) in [5.74, 6) is -0.547. The number of hydrogen-bond acceptors (Lipinski definition) is 3. The predicted octanol–water partition coefficient (Wildman–Crippen LogP) is 2.22. The molecule has 9 heteroatoms. The zero-order valence-corrected chi connectivity index (χ0v) is 11.9. The molecule has 0 saturated carbocycles. The highest BCUT2D eigenvalue weighted by Crippen LogP contribution is 2.21. The molecule has 3 N–H and O–H groups in total. The largest absolute Gasteiger partial charge is 0.480 e. The van der Waals surface area contributed by atoms with Gasteiger partial charge in [0.2, 0.25) is 0 Å². The van der Waals surface area contributed by atoms with Gasteiger partial charge >= 0.3 is 18.2 Å². The number of urea groups is 1. The highest BCUT2D eigenvalue weighted by molar-refractivity contribution is 7.98. The number of aliphatic carboxylic acids is 1. The van der Waals surface area contributed by atoms with Crippen LogP contribution in [0.1, 0.15) is 25.7 Å². The first-order valence-electron chi connectivity index (χ1n) is 6.09. The Balaban J connectivity index is 3.82. The van der Waals surface area contributed by atoms with Crippen LogP contribution in [0.3, 0.4) is 0 Å². The Bertz CT molecular complexity index is 314. The number of thioether (sulfide) groups is 1. The van der Waals surface area contributed by atoms with Gasteiger partial charge in [0.15, 0.2) is 0 Å². The number of carbonyl (C=O) groups excluding carboxylic acids is 1. The van der Waals surface area contributed by atoms with Crippen LogP contribution in [0.15, 0.2) is 0 Å². The first-order chi connectivity index (χ1) is 9.26. The van der Waals surface area contributed by atoms with E-state index in [2.05, 4.69) is 10.6 Å². The lowest BCUT2D eigenvalue weighted by Gasteiger charge is -2.14. The van der Waals surface area contributed by atoms with E-state index in [0.717, 1.165) is 0 Å². The van der Waals surface area contributed by atoms with Gasteiger partial charge in [-0.3, -0.25) is 0 Å². The monoisotopic (exact) mass is 316 g/mol. The maximum Gasteiger partial charge on any atom is 0.389 e. The molecule has 0 heterocycles. The number of amides is 2. The van der Waals surface area contributed by atoms with Gasteiger partial charge in [0, 0.05) is 13.0 Å². The number of hydrogen-bond donors (Lipinski definition) is 3. The van der Waals surface area contributed by atoms with E-state index in [-0.39, 0.29) is 25.8 Å². The molecule has 20 heavy (non-hydrogen) atoms. The fourth-order valence-corrected chi connectivity index (χ4v) is 1.83. The van der Waals surface area contributed by atoms with E-state index in [9.17, 15) is 22.8 Å². The molecule has 0 bridgehead atoms. The Morgan fingerprint density at radius 1 is 1.30 bits per heavy atom. The normalized spacial score (nSPS) is 12.8. The second-order valence-electron chi connectivity index (χ2n) is 4.14. The standard InChI is InChI=1S/C11H19F3N2O3S/c1-20-7-4-8(9(17)18)16-10(19)15-6-3-2-5-11(12,13)14/h8H,2-7H2,1H3,(H,17,18)(H2,15,16,19)/t8-/m1/s1. The van der Waals surface area contributed by atoms with Gasteiger partial charge < -0.3 is 15.7 Å². The summed E-state index contributed by atoms with van der Waals surface area (Å²) in [6.07, 6.45) is -2.85. The Morgan fingerprint density at radius 2 is 1.95 bits per heavy atom. The summed E-state index contributed by atoms with van der Waals surface area (Å²) in [4.78, 5) is 22.2. The molecule has 0 aromatic rings. The van der Waals surface area contributed by atoms with Crippen LogP contribution in [0.2, 0.25) is 0 Å². The zero-order valence-electron chi connectivity index (χ0n) is 11.1. The molecule has 0 aromatic carbocycles. The van der Waals surface area contributed by atoms with Crippen molar-refractivity contribution in [2.75, 3.05) is 18.6 Å². The van der Waals surface area contributed by atoms with E-state index < -0.39 is 30.6 Å². The molecule has 2 amide bonds. The molecule has 5 nitrogen and oxygen atoms in total. The van der Waals surface area contributed by atoms with Gasteiger partial charge in [0.25, 0.3) is 0 Å². The molecule has 0 spiro atoms. The lowest BCUT2D eigenvalue weighted by atomic mass is 10.2. The highest BCUT2D eigenvalue weighted by Gasteiger charge is 2.25. The summed E-state index contributed by atoms with van der Waals surface area (Å²) < 4.78 is 35.6. The number of rotatable bonds is 9. The first kappa shape index (κ1) is 18.9. The van der Waals surface area contributed by atoms with Crippen molar-refractivity contribution in [2.45, 2.75) is 37.9 Å². The Morgan fingerprint density at radius 3 is 2.45 bits per heavy atom. The average Bonchev–Trinajstić information content (AvgIpc) is 2.32. The van der Waals surface area contributed by atoms with Gasteiger partial charge in [-0.15, -0.1) is 0 Å². The number of carboxylic acids is 1. The fourth-order valence-electron chi connectivity index (χ4n) is 1.35. The van der Waals surface area contributed by atoms with Crippen LogP contribution in [0.5, 0.6) is 0 Å². The molecule has 118 valence electrons. The number of halogens is 3. The minimum atomic E-state index is -4.19. The van der Waals surface area contributed by atoms with Gasteiger partial charge in [-0.2, -0.15) is 24.9 Å². The maximum atomic E-state index is 11.9. The molecule has 0 aliphatic carbocycles. The van der Waals surface area contributed by atoms with E-state index in [4.69, 9.17) is 5.11 Å². The van der Waals surface area contributed by atoms with Crippen LogP contribution in [0, 0.1) is 0 Å². The fraction of sp³-hybridized carbons (Fsp3) is 0.818. The topological polar surface area (TPSA) is 78.4 Å². The minimum absolute atomic E-state index is 0.0708. The molecule has 0 aliphatic rings. The van der Waals surface area contributed by atoms with Gasteiger partial charge in [0.05, 0.1) is 0 Å². The second-order valence-corrected chi connectivity index (χ2v) is 5.13. The molecule has 0 fully saturated rings. The third-order valence-corrected chi connectivity index (χ3v) is 3.03. The van der Waals surface area contributed by atoms with Crippen LogP contribution in [0.25, 0.3) is 0 Å². The summed E-state index contributed by atoms with van der Waals surface area (Å²) in [7, 11) is 0. The van der Waals surface area contributed by atoms with Gasteiger partial charge in [-0.25, -0.2) is 9.59 Å². The SMILES string of the molecule is CSCC[C@@H](NC(=O)NCCCCC(F)(F)F)C(=O)O. The van der Waals surface area contributed by atoms with Gasteiger partial charge in [-0.1, -0.05) is 0 Å². The van der Waals surface area contributed by atoms with E-state index in [1.807, 2.05) is 6.26 Å². The van der Waals surface area contributed by atoms with E-state index in [0.29, 0.717) is 5.75 Å². The Kier molecular flexibility index (Phi) is 9.19. The lowest BCUT2D eigenvalue weighted by Crippen LogP contribution is -2.46. The van der Waals surface area contributed by atoms with Crippen molar-refractivity contribution in [3.05, 3.63) is 0 Å². The molecular formula is C11H19F3N2O3S. The molecule has 0 saturated heterocycles. The molecule has 0 rings (SSSR count). The Hall–Kier alpha value is -1.12. The zero-order chi connectivity index (χ0) is 15.6. The van der Waals surface area contributed by atoms with E-state index in [1.54, 1.807) is 0 Å². The van der Waals surface area contributed by atoms with Crippen molar-refractivity contribution in [3.63, 3.8) is 0 Å². The number of unbranched alkanes of at least 4 members (excludes halogenated alkanes) is 1. The summed E-state index contributed by atoms with van der Waals surface area (Å²) in [6, 6.07) is -1.66. The Labute approximate surface area is 119 Å². The van der Waals surface area contributed by atoms with Crippen LogP contribution in [-0.2, 0) is 4.79 Å². The van der Waals surface area contributed by atoms with Crippen molar-refractivity contribution in [3.8, 4) is 0 Å². The molecule has 0 unspecified atom stereocenters. The van der Waals surface area contributed by atoms with Crippen molar-refractivity contribution in [1.29, 1.82) is 0 Å². The smallest absolute Gasteiger partial charge is 0.389 e. The minimum Gasteiger partial charge on any atom is -0.480 e. The van der Waals surface area contributed by atoms with Crippen LogP contribution in [-0.4, -0.2) is 47.9 Å². The lowest BCUT2D eigenvalue weighted by molar-refractivity contribution is -0.139. The summed E-state index contributed by atoms with van der Waals surface area (Å²) >= 11 is 1.46. The van der Waals surface area contributed by atoms with Crippen molar-refractivity contribution in [2.24, 2.45) is 0 Å². The maximum absolute atomic E-state index is 11.9. The number of carboxylic acid groups (broad SMARTS) is 1. The van der Waals surface area contributed by atoms with E-state index >= 15 is 0 Å². The van der Waals surface area contributed by atoms with E-state index in [1.165, 1.54) is 11.8 Å². The summed E-state index contributed by atoms with van der Waals surface area (Å²) in [5, 5.41) is 13.5. The summed E-state index contributed by atoms with van der Waals surface area (Å²) in [5.41, 5.74) is 0. The molecule has 0 aromatic heterocycles. The predicted molar refractivity (Wildman–Crippen MR) is 70.9 cm³/mol. The average molecular weight is 316 g/mol. The number of alkyl halides is 3. The number of carbonyl (C=O) groups is 2. The third kappa shape index (κ3) is 10.8.